The number of ketones is 1. The van der Waals surface area contributed by atoms with Crippen LogP contribution in [0.1, 0.15) is 71.3 Å². The first-order chi connectivity index (χ1) is 18.3. The van der Waals surface area contributed by atoms with Gasteiger partial charge in [-0.2, -0.15) is 8.42 Å². The molecule has 0 amide bonds. The molecule has 0 unspecified atom stereocenters. The molecular formula is C30H39NO7S. The summed E-state index contributed by atoms with van der Waals surface area (Å²) in [6, 6.07) is 6.20. The zero-order valence-corrected chi connectivity index (χ0v) is 24.1. The van der Waals surface area contributed by atoms with E-state index in [0.29, 0.717) is 12.3 Å². The van der Waals surface area contributed by atoms with E-state index in [-0.39, 0.29) is 40.3 Å². The molecule has 5 rings (SSSR count). The second kappa shape index (κ2) is 9.26. The summed E-state index contributed by atoms with van der Waals surface area (Å²) < 4.78 is 36.7. The number of oxime groups is 1. The number of benzene rings is 1. The molecule has 4 aliphatic rings. The second-order valence-electron chi connectivity index (χ2n) is 12.9. The molecule has 0 aromatic heterocycles. The summed E-state index contributed by atoms with van der Waals surface area (Å²) >= 11 is 0. The molecule has 0 radical (unpaired) electrons. The maximum atomic E-state index is 13.9. The van der Waals surface area contributed by atoms with Gasteiger partial charge in [-0.25, -0.2) is 4.79 Å². The standard InChI is InChI=1S/C30H39NO7S/c1-19-6-8-23(9-7-19)39(35,36)37-18-26(33)38-25-17-27(4,12-13-31-34)24(32)16-29-11-10-20(2)30(29)22(15-29)14-21(3)28(25,30)5/h6-9,13,21-22,25,34H,2,10-12,14-18H2,1,3-5H3/b31-13+/t21-,22+,25-,27+,28+,29-,30-/m1/s1. The SMILES string of the molecule is C=C1CC[C@]23CC(=O)[C@@](C)(C/C=N/O)C[C@@H](OC(=O)COS(=O)(=O)c4ccc(C)cc4)[C@]4(C)[C@H](C)C[C@@H](C2)[C@@]134. The van der Waals surface area contributed by atoms with E-state index in [0.717, 1.165) is 36.8 Å². The van der Waals surface area contributed by atoms with Crippen molar-refractivity contribution in [3.63, 3.8) is 0 Å². The summed E-state index contributed by atoms with van der Waals surface area (Å²) in [7, 11) is -4.15. The first kappa shape index (κ1) is 28.0. The quantitative estimate of drug-likeness (QED) is 0.122. The monoisotopic (exact) mass is 557 g/mol. The Morgan fingerprint density at radius 1 is 1.23 bits per heavy atom. The predicted molar refractivity (Wildman–Crippen MR) is 145 cm³/mol. The van der Waals surface area contributed by atoms with E-state index in [4.69, 9.17) is 14.1 Å². The van der Waals surface area contributed by atoms with Crippen LogP contribution >= 0.6 is 0 Å². The molecule has 9 heteroatoms. The molecule has 1 aromatic rings. The Kier molecular flexibility index (Phi) is 6.66. The lowest BCUT2D eigenvalue weighted by atomic mass is 9.35. The average molecular weight is 558 g/mol. The number of Topliss-reactive ketones (excluding diaryl/α,β-unsaturated/α-hetero) is 1. The van der Waals surface area contributed by atoms with Gasteiger partial charge in [-0.3, -0.25) is 8.98 Å². The number of carbonyl (C=O) groups excluding carboxylic acids is 2. The fraction of sp³-hybridized carbons (Fsp3) is 0.633. The highest BCUT2D eigenvalue weighted by atomic mass is 32.2. The largest absolute Gasteiger partial charge is 0.460 e. The lowest BCUT2D eigenvalue weighted by Crippen LogP contribution is -2.66. The van der Waals surface area contributed by atoms with Crippen LogP contribution in [0.3, 0.4) is 0 Å². The van der Waals surface area contributed by atoms with Crippen molar-refractivity contribution < 1.29 is 32.1 Å². The first-order valence-electron chi connectivity index (χ1n) is 13.8. The fourth-order valence-corrected chi connectivity index (χ4v) is 10.0. The van der Waals surface area contributed by atoms with E-state index in [2.05, 4.69) is 25.6 Å². The topological polar surface area (TPSA) is 119 Å². The maximum Gasteiger partial charge on any atom is 0.333 e. The zero-order chi connectivity index (χ0) is 28.4. The van der Waals surface area contributed by atoms with Gasteiger partial charge in [-0.15, -0.1) is 5.16 Å². The van der Waals surface area contributed by atoms with Crippen LogP contribution in [0.2, 0.25) is 0 Å². The minimum Gasteiger partial charge on any atom is -0.460 e. The lowest BCUT2D eigenvalue weighted by molar-refractivity contribution is -0.216. The molecular weight excluding hydrogens is 518 g/mol. The van der Waals surface area contributed by atoms with Gasteiger partial charge in [0.2, 0.25) is 0 Å². The van der Waals surface area contributed by atoms with E-state index in [1.807, 2.05) is 13.8 Å². The van der Waals surface area contributed by atoms with Crippen LogP contribution in [-0.2, 0) is 28.6 Å². The molecule has 8 nitrogen and oxygen atoms in total. The molecule has 0 saturated heterocycles. The number of rotatable bonds is 7. The Bertz CT molecular complexity index is 1340. The molecule has 212 valence electrons. The first-order valence-corrected chi connectivity index (χ1v) is 15.2. The van der Waals surface area contributed by atoms with Gasteiger partial charge in [-0.1, -0.05) is 50.6 Å². The number of nitrogens with zero attached hydrogens (tertiary/aromatic N) is 1. The summed E-state index contributed by atoms with van der Waals surface area (Å²) in [6.45, 7) is 11.8. The van der Waals surface area contributed by atoms with Gasteiger partial charge in [0.1, 0.15) is 11.9 Å². The number of allylic oxidation sites excluding steroid dienone is 1. The number of aryl methyl sites for hydroxylation is 1. The van der Waals surface area contributed by atoms with Gasteiger partial charge in [0, 0.05) is 28.9 Å². The number of ether oxygens (including phenoxy) is 1. The average Bonchev–Trinajstić information content (AvgIpc) is 3.20. The van der Waals surface area contributed by atoms with Crippen molar-refractivity contribution >= 4 is 28.1 Å². The van der Waals surface area contributed by atoms with Gasteiger partial charge >= 0.3 is 5.97 Å². The molecule has 4 saturated carbocycles. The lowest BCUT2D eigenvalue weighted by Gasteiger charge is -2.68. The van der Waals surface area contributed by atoms with Crippen molar-refractivity contribution in [3.8, 4) is 0 Å². The van der Waals surface area contributed by atoms with Crippen molar-refractivity contribution in [1.29, 1.82) is 0 Å². The summed E-state index contributed by atoms with van der Waals surface area (Å²) in [6.07, 6.45) is 5.22. The Morgan fingerprint density at radius 2 is 1.92 bits per heavy atom. The van der Waals surface area contributed by atoms with Crippen LogP contribution in [-0.4, -0.2) is 44.3 Å². The van der Waals surface area contributed by atoms with E-state index in [1.165, 1.54) is 18.3 Å². The highest BCUT2D eigenvalue weighted by molar-refractivity contribution is 7.86. The summed E-state index contributed by atoms with van der Waals surface area (Å²) in [5.41, 5.74) is 0.123. The van der Waals surface area contributed by atoms with Crippen molar-refractivity contribution in [3.05, 3.63) is 42.0 Å². The van der Waals surface area contributed by atoms with Crippen LogP contribution < -0.4 is 0 Å². The van der Waals surface area contributed by atoms with Crippen LogP contribution in [0.15, 0.2) is 46.5 Å². The Morgan fingerprint density at radius 3 is 2.59 bits per heavy atom. The van der Waals surface area contributed by atoms with E-state index in [9.17, 15) is 18.0 Å². The van der Waals surface area contributed by atoms with E-state index >= 15 is 0 Å². The highest BCUT2D eigenvalue weighted by Crippen LogP contribution is 2.86. The summed E-state index contributed by atoms with van der Waals surface area (Å²) in [5, 5.41) is 12.3. The fourth-order valence-electron chi connectivity index (χ4n) is 9.17. The molecule has 4 aliphatic carbocycles. The minimum atomic E-state index is -4.15. The predicted octanol–water partition coefficient (Wildman–Crippen LogP) is 5.22. The maximum absolute atomic E-state index is 13.9. The van der Waals surface area contributed by atoms with E-state index in [1.54, 1.807) is 12.1 Å². The minimum absolute atomic E-state index is 0.0343. The third-order valence-corrected chi connectivity index (χ3v) is 12.4. The molecule has 39 heavy (non-hydrogen) atoms. The Hall–Kier alpha value is -2.52. The third-order valence-electron chi connectivity index (χ3n) is 11.1. The molecule has 7 atom stereocenters. The van der Waals surface area contributed by atoms with Gasteiger partial charge in [0.15, 0.2) is 6.61 Å². The number of hydrogen-bond acceptors (Lipinski definition) is 8. The van der Waals surface area contributed by atoms with Crippen LogP contribution in [0, 0.1) is 40.4 Å². The smallest absolute Gasteiger partial charge is 0.333 e. The second-order valence-corrected chi connectivity index (χ2v) is 14.5. The van der Waals surface area contributed by atoms with Crippen LogP contribution in [0.4, 0.5) is 0 Å². The zero-order valence-electron chi connectivity index (χ0n) is 23.2. The summed E-state index contributed by atoms with van der Waals surface area (Å²) in [5.74, 6) is -0.138. The van der Waals surface area contributed by atoms with Gasteiger partial charge in [-0.05, 0) is 74.8 Å². The van der Waals surface area contributed by atoms with Gasteiger partial charge < -0.3 is 9.94 Å². The molecule has 0 bridgehead atoms. The van der Waals surface area contributed by atoms with Crippen molar-refractivity contribution in [2.45, 2.75) is 83.6 Å². The Labute approximate surface area is 231 Å². The van der Waals surface area contributed by atoms with Crippen molar-refractivity contribution in [2.24, 2.45) is 38.7 Å². The number of carbonyl (C=O) groups is 2. The summed E-state index contributed by atoms with van der Waals surface area (Å²) in [4.78, 5) is 27.1. The Balaban J connectivity index is 1.48. The molecule has 4 fully saturated rings. The highest BCUT2D eigenvalue weighted by Gasteiger charge is 2.81. The molecule has 1 N–H and O–H groups in total. The van der Waals surface area contributed by atoms with Crippen LogP contribution in [0.5, 0.6) is 0 Å². The number of hydrogen-bond donors (Lipinski definition) is 1. The van der Waals surface area contributed by atoms with Gasteiger partial charge in [0.05, 0.1) is 4.90 Å². The number of esters is 1. The molecule has 1 aromatic carbocycles. The third kappa shape index (κ3) is 3.86. The van der Waals surface area contributed by atoms with Gasteiger partial charge in [0.25, 0.3) is 10.1 Å². The van der Waals surface area contributed by atoms with Crippen LogP contribution in [0.25, 0.3) is 0 Å². The van der Waals surface area contributed by atoms with Crippen molar-refractivity contribution in [1.82, 2.24) is 0 Å². The molecule has 0 aliphatic heterocycles. The molecule has 0 heterocycles. The van der Waals surface area contributed by atoms with E-state index < -0.39 is 39.6 Å². The molecule has 1 spiro atoms. The van der Waals surface area contributed by atoms with Crippen molar-refractivity contribution in [2.75, 3.05) is 6.61 Å². The normalized spacial score (nSPS) is 39.5.